The van der Waals surface area contributed by atoms with Crippen LogP contribution in [0.1, 0.15) is 0 Å². The van der Waals surface area contributed by atoms with Crippen LogP contribution in [0.3, 0.4) is 0 Å². The minimum Gasteiger partial charge on any atom is -0.456 e. The number of fused-ring (bicyclic) bond motifs is 5. The number of anilines is 3. The van der Waals surface area contributed by atoms with Crippen LogP contribution in [0.15, 0.2) is 229 Å². The fourth-order valence-electron chi connectivity index (χ4n) is 8.53. The van der Waals surface area contributed by atoms with Crippen molar-refractivity contribution in [3.8, 4) is 44.5 Å². The van der Waals surface area contributed by atoms with E-state index >= 15 is 0 Å². The molecule has 2 nitrogen and oxygen atoms in total. The number of rotatable bonds is 7. The SMILES string of the molecule is c1ccc(-c2ccc(-c3cccc4ccccc34)cc2N(c2ccc(-c3ccc4ccccc4c3)cc2)c2ccc(-c3ccc4c(c3)oc3ccccc34)cc2)cc1. The lowest BCUT2D eigenvalue weighted by molar-refractivity contribution is 0.669. The molecule has 0 radical (unpaired) electrons. The molecular formula is C56H37NO. The summed E-state index contributed by atoms with van der Waals surface area (Å²) in [5.41, 5.74) is 14.4. The minimum atomic E-state index is 0.897. The summed E-state index contributed by atoms with van der Waals surface area (Å²) in [7, 11) is 0. The summed E-state index contributed by atoms with van der Waals surface area (Å²) in [6.07, 6.45) is 0. The van der Waals surface area contributed by atoms with Crippen LogP contribution in [0.5, 0.6) is 0 Å². The number of hydrogen-bond acceptors (Lipinski definition) is 2. The Bertz CT molecular complexity index is 3260. The van der Waals surface area contributed by atoms with Gasteiger partial charge >= 0.3 is 0 Å². The van der Waals surface area contributed by atoms with E-state index in [0.29, 0.717) is 0 Å². The number of nitrogens with zero attached hydrogens (tertiary/aromatic N) is 1. The van der Waals surface area contributed by atoms with E-state index in [2.05, 4.69) is 217 Å². The second-order valence-corrected chi connectivity index (χ2v) is 14.9. The van der Waals surface area contributed by atoms with Crippen molar-refractivity contribution in [1.82, 2.24) is 0 Å². The molecule has 0 unspecified atom stereocenters. The van der Waals surface area contributed by atoms with Gasteiger partial charge in [-0.15, -0.1) is 0 Å². The van der Waals surface area contributed by atoms with Gasteiger partial charge in [-0.2, -0.15) is 0 Å². The summed E-state index contributed by atoms with van der Waals surface area (Å²) in [5, 5.41) is 7.22. The van der Waals surface area contributed by atoms with Crippen LogP contribution >= 0.6 is 0 Å². The number of benzene rings is 10. The summed E-state index contributed by atoms with van der Waals surface area (Å²) < 4.78 is 6.28. The molecular weight excluding hydrogens is 703 g/mol. The summed E-state index contributed by atoms with van der Waals surface area (Å²) in [6, 6.07) is 80.9. The van der Waals surface area contributed by atoms with Gasteiger partial charge in [-0.3, -0.25) is 0 Å². The van der Waals surface area contributed by atoms with E-state index in [1.807, 2.05) is 12.1 Å². The van der Waals surface area contributed by atoms with Crippen LogP contribution in [0.4, 0.5) is 17.1 Å². The maximum atomic E-state index is 6.28. The first-order valence-electron chi connectivity index (χ1n) is 19.8. The third kappa shape index (κ3) is 6.00. The summed E-state index contributed by atoms with van der Waals surface area (Å²) in [6.45, 7) is 0. The lowest BCUT2D eigenvalue weighted by Gasteiger charge is -2.29. The van der Waals surface area contributed by atoms with E-state index in [9.17, 15) is 0 Å². The van der Waals surface area contributed by atoms with Crippen LogP contribution in [-0.4, -0.2) is 0 Å². The van der Waals surface area contributed by atoms with E-state index in [4.69, 9.17) is 4.42 Å². The van der Waals surface area contributed by atoms with Gasteiger partial charge in [0.2, 0.25) is 0 Å². The monoisotopic (exact) mass is 739 g/mol. The van der Waals surface area contributed by atoms with E-state index in [-0.39, 0.29) is 0 Å². The van der Waals surface area contributed by atoms with Gasteiger partial charge in [-0.1, -0.05) is 170 Å². The summed E-state index contributed by atoms with van der Waals surface area (Å²) in [5.74, 6) is 0. The second-order valence-electron chi connectivity index (χ2n) is 14.9. The van der Waals surface area contributed by atoms with Crippen molar-refractivity contribution in [3.63, 3.8) is 0 Å². The second kappa shape index (κ2) is 14.1. The lowest BCUT2D eigenvalue weighted by atomic mass is 9.94. The third-order valence-corrected chi connectivity index (χ3v) is 11.5. The largest absolute Gasteiger partial charge is 0.456 e. The molecule has 2 heteroatoms. The first-order valence-corrected chi connectivity index (χ1v) is 19.8. The molecule has 0 amide bonds. The highest BCUT2D eigenvalue weighted by Gasteiger charge is 2.20. The Hall–Kier alpha value is -7.68. The van der Waals surface area contributed by atoms with Gasteiger partial charge in [0, 0.05) is 27.7 Å². The van der Waals surface area contributed by atoms with Crippen LogP contribution in [0.2, 0.25) is 0 Å². The Balaban J connectivity index is 1.07. The zero-order valence-corrected chi connectivity index (χ0v) is 31.7. The lowest BCUT2D eigenvalue weighted by Crippen LogP contribution is -2.11. The van der Waals surface area contributed by atoms with Gasteiger partial charge < -0.3 is 9.32 Å². The molecule has 0 aliphatic rings. The van der Waals surface area contributed by atoms with Gasteiger partial charge in [-0.05, 0) is 115 Å². The summed E-state index contributed by atoms with van der Waals surface area (Å²) in [4.78, 5) is 2.41. The molecule has 58 heavy (non-hydrogen) atoms. The van der Waals surface area contributed by atoms with Crippen molar-refractivity contribution in [2.45, 2.75) is 0 Å². The fourth-order valence-corrected chi connectivity index (χ4v) is 8.53. The molecule has 11 aromatic rings. The molecule has 0 N–H and O–H groups in total. The van der Waals surface area contributed by atoms with Crippen molar-refractivity contribution in [1.29, 1.82) is 0 Å². The highest BCUT2D eigenvalue weighted by Crippen LogP contribution is 2.45. The van der Waals surface area contributed by atoms with Gasteiger partial charge in [0.25, 0.3) is 0 Å². The number of furan rings is 1. The van der Waals surface area contributed by atoms with Crippen LogP contribution in [-0.2, 0) is 0 Å². The molecule has 272 valence electrons. The number of para-hydroxylation sites is 1. The average molecular weight is 740 g/mol. The van der Waals surface area contributed by atoms with E-state index in [1.165, 1.54) is 43.8 Å². The maximum Gasteiger partial charge on any atom is 0.136 e. The van der Waals surface area contributed by atoms with E-state index in [0.717, 1.165) is 61.3 Å². The highest BCUT2D eigenvalue weighted by atomic mass is 16.3. The van der Waals surface area contributed by atoms with Crippen LogP contribution < -0.4 is 4.90 Å². The van der Waals surface area contributed by atoms with Gasteiger partial charge in [0.1, 0.15) is 11.2 Å². The first-order chi connectivity index (χ1) is 28.7. The zero-order valence-electron chi connectivity index (χ0n) is 31.7. The smallest absolute Gasteiger partial charge is 0.136 e. The molecule has 0 fully saturated rings. The van der Waals surface area contributed by atoms with Crippen molar-refractivity contribution in [2.75, 3.05) is 4.90 Å². The normalized spacial score (nSPS) is 11.4. The van der Waals surface area contributed by atoms with E-state index in [1.54, 1.807) is 0 Å². The van der Waals surface area contributed by atoms with Crippen molar-refractivity contribution in [2.24, 2.45) is 0 Å². The van der Waals surface area contributed by atoms with Crippen LogP contribution in [0, 0.1) is 0 Å². The Labute approximate surface area is 337 Å². The molecule has 0 saturated heterocycles. The number of hydrogen-bond donors (Lipinski definition) is 0. The van der Waals surface area contributed by atoms with Crippen molar-refractivity contribution >= 4 is 60.5 Å². The molecule has 11 rings (SSSR count). The zero-order chi connectivity index (χ0) is 38.4. The Morgan fingerprint density at radius 2 is 0.845 bits per heavy atom. The minimum absolute atomic E-state index is 0.897. The molecule has 0 bridgehead atoms. The van der Waals surface area contributed by atoms with Gasteiger partial charge in [0.05, 0.1) is 5.69 Å². The Morgan fingerprint density at radius 3 is 1.62 bits per heavy atom. The van der Waals surface area contributed by atoms with Crippen molar-refractivity contribution < 1.29 is 4.42 Å². The maximum absolute atomic E-state index is 6.28. The predicted octanol–water partition coefficient (Wildman–Crippen LogP) is 16.0. The Kier molecular flexibility index (Phi) is 8.19. The molecule has 10 aromatic carbocycles. The fraction of sp³-hybridized carbons (Fsp3) is 0. The van der Waals surface area contributed by atoms with E-state index < -0.39 is 0 Å². The predicted molar refractivity (Wildman–Crippen MR) is 245 cm³/mol. The molecule has 0 spiro atoms. The topological polar surface area (TPSA) is 16.4 Å². The molecule has 0 saturated carbocycles. The van der Waals surface area contributed by atoms with Gasteiger partial charge in [0.15, 0.2) is 0 Å². The standard InChI is InChI=1S/C56H37NO/c1-2-12-42(13-3-1)51-33-28-46(50-19-10-16-41-14-6-7-17-49(41)50)36-54(51)57(47-29-23-39(24-30-47)44-22-21-38-11-4-5-15-43(38)35-44)48-31-25-40(26-32-48)45-27-34-53-52-18-8-9-20-55(52)58-56(53)37-45/h1-37H. The highest BCUT2D eigenvalue weighted by molar-refractivity contribution is 6.06. The van der Waals surface area contributed by atoms with Crippen LogP contribution in [0.25, 0.3) is 88.0 Å². The average Bonchev–Trinajstić information content (AvgIpc) is 3.67. The summed E-state index contributed by atoms with van der Waals surface area (Å²) >= 11 is 0. The first kappa shape index (κ1) is 33.6. The van der Waals surface area contributed by atoms with Crippen molar-refractivity contribution in [3.05, 3.63) is 224 Å². The molecule has 0 atom stereocenters. The Morgan fingerprint density at radius 1 is 0.276 bits per heavy atom. The molecule has 0 aliphatic carbocycles. The molecule has 1 aromatic heterocycles. The quantitative estimate of drug-likeness (QED) is 0.162. The van der Waals surface area contributed by atoms with Gasteiger partial charge in [-0.25, -0.2) is 0 Å². The third-order valence-electron chi connectivity index (χ3n) is 11.5. The molecule has 0 aliphatic heterocycles. The molecule has 1 heterocycles.